The van der Waals surface area contributed by atoms with E-state index in [9.17, 15) is 0 Å². The second kappa shape index (κ2) is 8.63. The van der Waals surface area contributed by atoms with Gasteiger partial charge in [-0.05, 0) is 73.3 Å². The van der Waals surface area contributed by atoms with E-state index < -0.39 is 0 Å². The van der Waals surface area contributed by atoms with Crippen LogP contribution in [0.25, 0.3) is 98.1 Å². The van der Waals surface area contributed by atoms with Gasteiger partial charge in [-0.3, -0.25) is 0 Å². The summed E-state index contributed by atoms with van der Waals surface area (Å²) in [5.41, 5.74) is 13.4. The van der Waals surface area contributed by atoms with E-state index >= 15 is 0 Å². The van der Waals surface area contributed by atoms with Crippen LogP contribution < -0.4 is 16.4 Å². The highest BCUT2D eigenvalue weighted by molar-refractivity contribution is 7.00. The van der Waals surface area contributed by atoms with Crippen molar-refractivity contribution in [1.29, 1.82) is 0 Å². The lowest BCUT2D eigenvalue weighted by atomic mass is 9.34. The Hall–Kier alpha value is -6.32. The standard InChI is InChI=1S/C47H27BN2/c1-26-24-39-43-40(25-26)50-45-36(42-32-17-7-3-13-28(32)30-15-5-9-19-34(30)47(42)50)21-11-23-38(45)48(43)37-22-10-20-35-41-31-16-6-2-12-27(31)29-14-4-8-18-33(29)46(41)49(39)44(35)37/h2-25H,1H3. The van der Waals surface area contributed by atoms with Gasteiger partial charge in [0, 0.05) is 54.7 Å². The number of para-hydroxylation sites is 2. The van der Waals surface area contributed by atoms with Crippen molar-refractivity contribution in [2.24, 2.45) is 0 Å². The first-order valence-corrected chi connectivity index (χ1v) is 17.7. The molecule has 0 unspecified atom stereocenters. The molecular formula is C47H27BN2. The van der Waals surface area contributed by atoms with Crippen LogP contribution in [0, 0.1) is 6.92 Å². The fourth-order valence-electron chi connectivity index (χ4n) is 10.4. The zero-order valence-electron chi connectivity index (χ0n) is 27.3. The van der Waals surface area contributed by atoms with Crippen LogP contribution >= 0.6 is 0 Å². The normalized spacial score (nSPS) is 13.3. The number of rotatable bonds is 0. The van der Waals surface area contributed by atoms with E-state index in [1.165, 1.54) is 120 Å². The van der Waals surface area contributed by atoms with E-state index in [0.29, 0.717) is 0 Å². The van der Waals surface area contributed by atoms with Crippen LogP contribution in [0.4, 0.5) is 0 Å². The maximum absolute atomic E-state index is 2.64. The van der Waals surface area contributed by atoms with Crippen LogP contribution in [-0.4, -0.2) is 15.8 Å². The average molecular weight is 631 g/mol. The number of hydrogen-bond donors (Lipinski definition) is 0. The number of aryl methyl sites for hydroxylation is 1. The summed E-state index contributed by atoms with van der Waals surface area (Å²) >= 11 is 0. The largest absolute Gasteiger partial charge is 0.310 e. The number of hydrogen-bond acceptors (Lipinski definition) is 0. The fourth-order valence-corrected chi connectivity index (χ4v) is 10.4. The van der Waals surface area contributed by atoms with Gasteiger partial charge >= 0.3 is 0 Å². The smallest absolute Gasteiger partial charge is 0.252 e. The van der Waals surface area contributed by atoms with Crippen molar-refractivity contribution < 1.29 is 0 Å². The summed E-state index contributed by atoms with van der Waals surface area (Å²) in [6.07, 6.45) is 0. The Morgan fingerprint density at radius 1 is 0.360 bits per heavy atom. The minimum Gasteiger partial charge on any atom is -0.310 e. The molecule has 0 bridgehead atoms. The molecule has 0 amide bonds. The second-order valence-corrected chi connectivity index (χ2v) is 14.4. The van der Waals surface area contributed by atoms with Gasteiger partial charge in [-0.1, -0.05) is 133 Å². The van der Waals surface area contributed by atoms with Crippen molar-refractivity contribution in [2.75, 3.05) is 0 Å². The van der Waals surface area contributed by atoms with Gasteiger partial charge < -0.3 is 9.13 Å². The predicted molar refractivity (Wildman–Crippen MR) is 215 cm³/mol. The Morgan fingerprint density at radius 3 is 1.16 bits per heavy atom. The quantitative estimate of drug-likeness (QED) is 0.117. The van der Waals surface area contributed by atoms with Gasteiger partial charge in [0.25, 0.3) is 6.71 Å². The van der Waals surface area contributed by atoms with E-state index in [0.717, 1.165) is 0 Å². The molecule has 228 valence electrons. The Kier molecular flexibility index (Phi) is 4.43. The molecule has 50 heavy (non-hydrogen) atoms. The molecule has 4 heterocycles. The highest BCUT2D eigenvalue weighted by atomic mass is 15.0. The van der Waals surface area contributed by atoms with E-state index in [1.807, 2.05) is 0 Å². The van der Waals surface area contributed by atoms with E-state index in [1.54, 1.807) is 0 Å². The van der Waals surface area contributed by atoms with Crippen molar-refractivity contribution in [2.45, 2.75) is 6.92 Å². The lowest BCUT2D eigenvalue weighted by Gasteiger charge is -2.34. The van der Waals surface area contributed by atoms with Crippen molar-refractivity contribution in [1.82, 2.24) is 9.13 Å². The van der Waals surface area contributed by atoms with Gasteiger partial charge in [0.05, 0.1) is 11.0 Å². The van der Waals surface area contributed by atoms with Crippen LogP contribution in [0.15, 0.2) is 146 Å². The molecule has 2 nitrogen and oxygen atoms in total. The maximum atomic E-state index is 2.64. The molecule has 3 heteroatoms. The summed E-state index contributed by atoms with van der Waals surface area (Å²) in [5, 5.41) is 15.9. The Balaban J connectivity index is 1.31. The molecule has 9 aromatic carbocycles. The number of fused-ring (bicyclic) bond motifs is 20. The zero-order valence-corrected chi connectivity index (χ0v) is 27.3. The lowest BCUT2D eigenvalue weighted by Crippen LogP contribution is -2.59. The number of benzene rings is 9. The summed E-state index contributed by atoms with van der Waals surface area (Å²) in [5.74, 6) is 0. The summed E-state index contributed by atoms with van der Waals surface area (Å²) in [4.78, 5) is 0. The minimum absolute atomic E-state index is 0.122. The van der Waals surface area contributed by atoms with Gasteiger partial charge in [-0.25, -0.2) is 0 Å². The third-order valence-corrected chi connectivity index (χ3v) is 12.1. The van der Waals surface area contributed by atoms with Gasteiger partial charge in [0.2, 0.25) is 0 Å². The van der Waals surface area contributed by atoms with Gasteiger partial charge in [0.1, 0.15) is 0 Å². The fraction of sp³-hybridized carbons (Fsp3) is 0.0213. The lowest BCUT2D eigenvalue weighted by molar-refractivity contribution is 1.14. The van der Waals surface area contributed by atoms with Crippen LogP contribution in [0.1, 0.15) is 5.56 Å². The van der Waals surface area contributed by atoms with Gasteiger partial charge in [-0.15, -0.1) is 0 Å². The Bertz CT molecular complexity index is 3170. The molecule has 0 N–H and O–H groups in total. The van der Waals surface area contributed by atoms with Crippen LogP contribution in [-0.2, 0) is 0 Å². The SMILES string of the molecule is Cc1cc2c3c(c1)-n1c4c(cccc4c4c5ccccc5c5ccccc5c41)B3c1cccc3c4c5ccccc5c5ccccc5c4n-2c13. The molecule has 11 aromatic rings. The maximum Gasteiger partial charge on any atom is 0.252 e. The molecule has 2 aliphatic heterocycles. The van der Waals surface area contributed by atoms with Gasteiger partial charge in [-0.2, -0.15) is 0 Å². The molecule has 13 rings (SSSR count). The van der Waals surface area contributed by atoms with Crippen molar-refractivity contribution in [3.8, 4) is 11.4 Å². The zero-order chi connectivity index (χ0) is 32.4. The molecule has 2 aliphatic rings. The van der Waals surface area contributed by atoms with Crippen LogP contribution in [0.2, 0.25) is 0 Å². The number of nitrogens with zero attached hydrogens (tertiary/aromatic N) is 2. The highest BCUT2D eigenvalue weighted by Gasteiger charge is 2.41. The van der Waals surface area contributed by atoms with Crippen molar-refractivity contribution in [3.05, 3.63) is 151 Å². The monoisotopic (exact) mass is 630 g/mol. The van der Waals surface area contributed by atoms with Crippen molar-refractivity contribution >= 4 is 110 Å². The topological polar surface area (TPSA) is 9.86 Å². The third-order valence-electron chi connectivity index (χ3n) is 12.1. The summed E-state index contributed by atoms with van der Waals surface area (Å²) in [6, 6.07) is 55.1. The Labute approximate surface area is 287 Å². The van der Waals surface area contributed by atoms with E-state index in [-0.39, 0.29) is 6.71 Å². The summed E-state index contributed by atoms with van der Waals surface area (Å²) in [6.45, 7) is 2.40. The molecule has 2 aromatic heterocycles. The molecule has 0 atom stereocenters. The summed E-state index contributed by atoms with van der Waals surface area (Å²) < 4.78 is 5.28. The molecule has 0 saturated carbocycles. The third kappa shape index (κ3) is 2.78. The van der Waals surface area contributed by atoms with Crippen LogP contribution in [0.3, 0.4) is 0 Å². The molecule has 0 fully saturated rings. The first kappa shape index (κ1) is 25.7. The van der Waals surface area contributed by atoms with Crippen molar-refractivity contribution in [3.63, 3.8) is 0 Å². The second-order valence-electron chi connectivity index (χ2n) is 14.4. The van der Waals surface area contributed by atoms with Gasteiger partial charge in [0.15, 0.2) is 0 Å². The molecule has 0 radical (unpaired) electrons. The van der Waals surface area contributed by atoms with E-state index in [2.05, 4.69) is 162 Å². The number of aromatic nitrogens is 2. The molecular weight excluding hydrogens is 603 g/mol. The molecule has 0 spiro atoms. The highest BCUT2D eigenvalue weighted by Crippen LogP contribution is 2.46. The molecule has 0 saturated heterocycles. The van der Waals surface area contributed by atoms with E-state index in [4.69, 9.17) is 0 Å². The summed E-state index contributed by atoms with van der Waals surface area (Å²) in [7, 11) is 0. The predicted octanol–water partition coefficient (Wildman–Crippen LogP) is 9.95. The Morgan fingerprint density at radius 2 is 0.720 bits per heavy atom. The molecule has 0 aliphatic carbocycles. The first-order chi connectivity index (χ1) is 24.8. The van der Waals surface area contributed by atoms with Crippen LogP contribution in [0.5, 0.6) is 0 Å². The first-order valence-electron chi connectivity index (χ1n) is 17.7. The average Bonchev–Trinajstić information content (AvgIpc) is 3.71. The minimum atomic E-state index is 0.122.